The number of halogens is 2. The summed E-state index contributed by atoms with van der Waals surface area (Å²) in [5.41, 5.74) is 1.84. The Labute approximate surface area is 160 Å². The van der Waals surface area contributed by atoms with E-state index in [9.17, 15) is 9.59 Å². The first kappa shape index (κ1) is 19.6. The number of para-hydroxylation sites is 1. The van der Waals surface area contributed by atoms with Crippen molar-refractivity contribution in [1.29, 1.82) is 0 Å². The molecule has 0 atom stereocenters. The number of hydrogen-bond donors (Lipinski definition) is 1. The van der Waals surface area contributed by atoms with Crippen LogP contribution in [0.25, 0.3) is 0 Å². The normalized spacial score (nSPS) is 10.4. The van der Waals surface area contributed by atoms with Crippen molar-refractivity contribution in [2.24, 2.45) is 0 Å². The van der Waals surface area contributed by atoms with Crippen molar-refractivity contribution in [2.75, 3.05) is 18.2 Å². The van der Waals surface area contributed by atoms with Crippen LogP contribution in [0.2, 0.25) is 10.0 Å². The molecule has 0 saturated carbocycles. The molecule has 0 spiro atoms. The minimum absolute atomic E-state index is 0.155. The van der Waals surface area contributed by atoms with Crippen LogP contribution in [0.1, 0.15) is 22.3 Å². The average molecular weight is 398 g/mol. The fourth-order valence-electron chi connectivity index (χ4n) is 2.08. The minimum atomic E-state index is -0.482. The molecule has 0 aliphatic rings. The molecule has 0 heterocycles. The van der Waals surface area contributed by atoms with Crippen molar-refractivity contribution in [1.82, 2.24) is 0 Å². The summed E-state index contributed by atoms with van der Waals surface area (Å²) in [4.78, 5) is 23.8. The van der Waals surface area contributed by atoms with E-state index in [2.05, 4.69) is 5.32 Å². The minimum Gasteiger partial charge on any atom is -0.465 e. The van der Waals surface area contributed by atoms with Crippen molar-refractivity contribution in [3.63, 3.8) is 0 Å². The second-order valence-corrected chi connectivity index (χ2v) is 7.06. The molecule has 0 radical (unpaired) electrons. The summed E-state index contributed by atoms with van der Waals surface area (Å²) < 4.78 is 4.71. The summed E-state index contributed by atoms with van der Waals surface area (Å²) in [6, 6.07) is 12.2. The zero-order valence-corrected chi connectivity index (χ0v) is 15.9. The predicted molar refractivity (Wildman–Crippen MR) is 104 cm³/mol. The SMILES string of the molecule is COC(=O)c1ccccc1NC(=O)CCSCc1ccc(Cl)c(Cl)c1. The maximum absolute atomic E-state index is 12.1. The van der Waals surface area contributed by atoms with Crippen LogP contribution in [0, 0.1) is 0 Å². The van der Waals surface area contributed by atoms with Gasteiger partial charge in [0.1, 0.15) is 0 Å². The fourth-order valence-corrected chi connectivity index (χ4v) is 3.29. The molecule has 7 heteroatoms. The van der Waals surface area contributed by atoms with Gasteiger partial charge >= 0.3 is 5.97 Å². The number of carbonyl (C=O) groups is 2. The van der Waals surface area contributed by atoms with Gasteiger partial charge in [0.2, 0.25) is 5.91 Å². The molecule has 1 N–H and O–H groups in total. The van der Waals surface area contributed by atoms with Crippen LogP contribution in [-0.4, -0.2) is 24.7 Å². The van der Waals surface area contributed by atoms with E-state index in [-0.39, 0.29) is 5.91 Å². The largest absolute Gasteiger partial charge is 0.465 e. The van der Waals surface area contributed by atoms with Gasteiger partial charge in [0, 0.05) is 17.9 Å². The summed E-state index contributed by atoms with van der Waals surface area (Å²) >= 11 is 13.5. The standard InChI is InChI=1S/C18H17Cl2NO3S/c1-24-18(23)13-4-2-3-5-16(13)21-17(22)8-9-25-11-12-6-7-14(19)15(20)10-12/h2-7,10H,8-9,11H2,1H3,(H,21,22). The van der Waals surface area contributed by atoms with E-state index < -0.39 is 5.97 Å². The lowest BCUT2D eigenvalue weighted by atomic mass is 10.2. The second kappa shape index (κ2) is 9.70. The van der Waals surface area contributed by atoms with Crippen molar-refractivity contribution in [2.45, 2.75) is 12.2 Å². The molecule has 0 aliphatic carbocycles. The first-order valence-corrected chi connectivity index (χ1v) is 9.41. The van der Waals surface area contributed by atoms with Gasteiger partial charge in [-0.15, -0.1) is 0 Å². The summed E-state index contributed by atoms with van der Waals surface area (Å²) in [5, 5.41) is 3.80. The molecule has 1 amide bonds. The molecule has 0 saturated heterocycles. The van der Waals surface area contributed by atoms with Gasteiger partial charge < -0.3 is 10.1 Å². The molecular weight excluding hydrogens is 381 g/mol. The first-order valence-electron chi connectivity index (χ1n) is 7.50. The number of benzene rings is 2. The van der Waals surface area contributed by atoms with E-state index in [1.807, 2.05) is 12.1 Å². The number of nitrogens with one attached hydrogen (secondary N) is 1. The number of anilines is 1. The molecule has 0 fully saturated rings. The van der Waals surface area contributed by atoms with Crippen LogP contribution >= 0.6 is 35.0 Å². The lowest BCUT2D eigenvalue weighted by molar-refractivity contribution is -0.115. The number of carbonyl (C=O) groups excluding carboxylic acids is 2. The number of ether oxygens (including phenoxy) is 1. The van der Waals surface area contributed by atoms with Gasteiger partial charge in [-0.05, 0) is 29.8 Å². The van der Waals surface area contributed by atoms with Gasteiger partial charge in [-0.3, -0.25) is 4.79 Å². The molecule has 2 aromatic rings. The van der Waals surface area contributed by atoms with E-state index in [0.29, 0.717) is 33.5 Å². The van der Waals surface area contributed by atoms with Gasteiger partial charge in [-0.25, -0.2) is 4.79 Å². The van der Waals surface area contributed by atoms with Crippen molar-refractivity contribution >= 4 is 52.5 Å². The third kappa shape index (κ3) is 5.96. The molecule has 2 aromatic carbocycles. The van der Waals surface area contributed by atoms with Crippen molar-refractivity contribution in [3.05, 3.63) is 63.6 Å². The number of esters is 1. The summed E-state index contributed by atoms with van der Waals surface area (Å²) in [6.45, 7) is 0. The molecule has 0 aliphatic heterocycles. The summed E-state index contributed by atoms with van der Waals surface area (Å²) in [5.74, 6) is 0.748. The van der Waals surface area contributed by atoms with Gasteiger partial charge in [-0.1, -0.05) is 41.4 Å². The van der Waals surface area contributed by atoms with Gasteiger partial charge in [0.05, 0.1) is 28.4 Å². The third-order valence-corrected chi connectivity index (χ3v) is 5.10. The molecule has 0 bridgehead atoms. The Hall–Kier alpha value is -1.69. The van der Waals surface area contributed by atoms with Gasteiger partial charge in [-0.2, -0.15) is 11.8 Å². The Morgan fingerprint density at radius 2 is 1.88 bits per heavy atom. The van der Waals surface area contributed by atoms with Gasteiger partial charge in [0.25, 0.3) is 0 Å². The Morgan fingerprint density at radius 3 is 2.60 bits per heavy atom. The molecule has 2 rings (SSSR count). The molecular formula is C18H17Cl2NO3S. The van der Waals surface area contributed by atoms with Crippen LogP contribution in [0.15, 0.2) is 42.5 Å². The van der Waals surface area contributed by atoms with Crippen LogP contribution < -0.4 is 5.32 Å². The van der Waals surface area contributed by atoms with Crippen molar-refractivity contribution < 1.29 is 14.3 Å². The van der Waals surface area contributed by atoms with Gasteiger partial charge in [0.15, 0.2) is 0 Å². The number of thioether (sulfide) groups is 1. The van der Waals surface area contributed by atoms with E-state index in [0.717, 1.165) is 11.3 Å². The lowest BCUT2D eigenvalue weighted by Gasteiger charge is -2.09. The highest BCUT2D eigenvalue weighted by Crippen LogP contribution is 2.25. The van der Waals surface area contributed by atoms with Crippen LogP contribution in [-0.2, 0) is 15.3 Å². The quantitative estimate of drug-likeness (QED) is 0.524. The highest BCUT2D eigenvalue weighted by atomic mass is 35.5. The van der Waals surface area contributed by atoms with E-state index in [4.69, 9.17) is 27.9 Å². The second-order valence-electron chi connectivity index (χ2n) is 5.14. The van der Waals surface area contributed by atoms with Crippen LogP contribution in [0.3, 0.4) is 0 Å². The lowest BCUT2D eigenvalue weighted by Crippen LogP contribution is -2.15. The molecule has 132 valence electrons. The number of amides is 1. The topological polar surface area (TPSA) is 55.4 Å². The average Bonchev–Trinajstić information content (AvgIpc) is 2.61. The van der Waals surface area contributed by atoms with Crippen molar-refractivity contribution in [3.8, 4) is 0 Å². The summed E-state index contributed by atoms with van der Waals surface area (Å²) in [7, 11) is 1.31. The number of hydrogen-bond acceptors (Lipinski definition) is 4. The van der Waals surface area contributed by atoms with Crippen LogP contribution in [0.5, 0.6) is 0 Å². The highest BCUT2D eigenvalue weighted by molar-refractivity contribution is 7.98. The molecule has 4 nitrogen and oxygen atoms in total. The summed E-state index contributed by atoms with van der Waals surface area (Å²) in [6.07, 6.45) is 0.335. The zero-order chi connectivity index (χ0) is 18.2. The molecule has 25 heavy (non-hydrogen) atoms. The number of rotatable bonds is 7. The smallest absolute Gasteiger partial charge is 0.339 e. The Kier molecular flexibility index (Phi) is 7.62. The van der Waals surface area contributed by atoms with Crippen LogP contribution in [0.4, 0.5) is 5.69 Å². The highest BCUT2D eigenvalue weighted by Gasteiger charge is 2.13. The van der Waals surface area contributed by atoms with E-state index >= 15 is 0 Å². The maximum atomic E-state index is 12.1. The molecule has 0 aromatic heterocycles. The Bertz CT molecular complexity index is 768. The zero-order valence-electron chi connectivity index (χ0n) is 13.6. The van der Waals surface area contributed by atoms with E-state index in [1.165, 1.54) is 7.11 Å². The fraction of sp³-hybridized carbons (Fsp3) is 0.222. The Balaban J connectivity index is 1.81. The monoisotopic (exact) mass is 397 g/mol. The number of methoxy groups -OCH3 is 1. The maximum Gasteiger partial charge on any atom is 0.339 e. The third-order valence-electron chi connectivity index (χ3n) is 3.33. The molecule has 0 unspecified atom stereocenters. The van der Waals surface area contributed by atoms with E-state index in [1.54, 1.807) is 42.1 Å². The predicted octanol–water partition coefficient (Wildman–Crippen LogP) is 5.04. The Morgan fingerprint density at radius 1 is 1.12 bits per heavy atom. The first-order chi connectivity index (χ1) is 12.0.